The lowest BCUT2D eigenvalue weighted by Crippen LogP contribution is -2.20. The van der Waals surface area contributed by atoms with Gasteiger partial charge in [0.25, 0.3) is 0 Å². The van der Waals surface area contributed by atoms with Crippen LogP contribution < -0.4 is 0 Å². The Hall–Kier alpha value is -1.16. The Bertz CT molecular complexity index is 602. The molecule has 1 aliphatic heterocycles. The third kappa shape index (κ3) is 5.44. The fourth-order valence-corrected chi connectivity index (χ4v) is 3.86. The maximum absolute atomic E-state index is 9.72. The summed E-state index contributed by atoms with van der Waals surface area (Å²) in [6, 6.07) is 19.1. The highest BCUT2D eigenvalue weighted by molar-refractivity contribution is 9.10. The second kappa shape index (κ2) is 9.97. The van der Waals surface area contributed by atoms with Crippen LogP contribution in [0.2, 0.25) is 0 Å². The maximum atomic E-state index is 9.72. The Labute approximate surface area is 154 Å². The van der Waals surface area contributed by atoms with Crippen LogP contribution >= 0.6 is 15.9 Å². The molecule has 2 nitrogen and oxygen atoms in total. The van der Waals surface area contributed by atoms with Gasteiger partial charge in [-0.1, -0.05) is 72.2 Å². The Balaban J connectivity index is 0.00000100. The summed E-state index contributed by atoms with van der Waals surface area (Å²) in [6.07, 6.45) is 1.04. The zero-order chi connectivity index (χ0) is 17.4. The molecular formula is C21H28BrNO. The average Bonchev–Trinajstić information content (AvgIpc) is 2.99. The van der Waals surface area contributed by atoms with Gasteiger partial charge in [0.05, 0.1) is 0 Å². The molecule has 1 aliphatic rings. The molecule has 0 radical (unpaired) electrons. The summed E-state index contributed by atoms with van der Waals surface area (Å²) >= 11 is 3.54. The summed E-state index contributed by atoms with van der Waals surface area (Å²) < 4.78 is 1.13. The van der Waals surface area contributed by atoms with Crippen molar-refractivity contribution in [2.24, 2.45) is 11.8 Å². The molecule has 24 heavy (non-hydrogen) atoms. The van der Waals surface area contributed by atoms with Crippen molar-refractivity contribution in [3.05, 3.63) is 70.2 Å². The van der Waals surface area contributed by atoms with Crippen LogP contribution in [0.4, 0.5) is 0 Å². The number of hydrogen-bond acceptors (Lipinski definition) is 2. The highest BCUT2D eigenvalue weighted by atomic mass is 79.9. The van der Waals surface area contributed by atoms with Crippen molar-refractivity contribution >= 4 is 15.9 Å². The van der Waals surface area contributed by atoms with Gasteiger partial charge < -0.3 is 5.11 Å². The van der Waals surface area contributed by atoms with E-state index in [9.17, 15) is 5.11 Å². The van der Waals surface area contributed by atoms with E-state index in [1.807, 2.05) is 13.8 Å². The van der Waals surface area contributed by atoms with Crippen molar-refractivity contribution in [1.82, 2.24) is 4.90 Å². The van der Waals surface area contributed by atoms with Crippen LogP contribution in [0.25, 0.3) is 0 Å². The first kappa shape index (κ1) is 19.2. The van der Waals surface area contributed by atoms with Crippen molar-refractivity contribution in [2.45, 2.75) is 26.8 Å². The highest BCUT2D eigenvalue weighted by Gasteiger charge is 2.32. The van der Waals surface area contributed by atoms with Crippen molar-refractivity contribution in [2.75, 3.05) is 19.7 Å². The van der Waals surface area contributed by atoms with Crippen LogP contribution in [-0.2, 0) is 13.0 Å². The summed E-state index contributed by atoms with van der Waals surface area (Å²) in [4.78, 5) is 2.47. The van der Waals surface area contributed by atoms with Crippen LogP contribution in [0.5, 0.6) is 0 Å². The van der Waals surface area contributed by atoms with Gasteiger partial charge in [0.1, 0.15) is 0 Å². The molecule has 1 N–H and O–H groups in total. The molecule has 3 rings (SSSR count). The fraction of sp³-hybridized carbons (Fsp3) is 0.429. The van der Waals surface area contributed by atoms with Crippen LogP contribution in [0.3, 0.4) is 0 Å². The molecule has 1 fully saturated rings. The first-order valence-electron chi connectivity index (χ1n) is 8.86. The van der Waals surface area contributed by atoms with Gasteiger partial charge in [-0.05, 0) is 41.5 Å². The molecule has 0 unspecified atom stereocenters. The van der Waals surface area contributed by atoms with Crippen molar-refractivity contribution < 1.29 is 5.11 Å². The third-order valence-corrected chi connectivity index (χ3v) is 5.02. The molecule has 0 spiro atoms. The first-order valence-corrected chi connectivity index (χ1v) is 9.65. The monoisotopic (exact) mass is 389 g/mol. The normalized spacial score (nSPS) is 20.5. The minimum atomic E-state index is 0.282. The van der Waals surface area contributed by atoms with Gasteiger partial charge >= 0.3 is 0 Å². The number of likely N-dealkylation sites (tertiary alicyclic amines) is 1. The smallest absolute Gasteiger partial charge is 0.0474 e. The van der Waals surface area contributed by atoms with E-state index in [4.69, 9.17) is 0 Å². The molecule has 2 aromatic rings. The van der Waals surface area contributed by atoms with E-state index in [-0.39, 0.29) is 6.61 Å². The van der Waals surface area contributed by atoms with E-state index in [2.05, 4.69) is 75.4 Å². The maximum Gasteiger partial charge on any atom is 0.0474 e. The zero-order valence-corrected chi connectivity index (χ0v) is 16.2. The molecule has 130 valence electrons. The third-order valence-electron chi connectivity index (χ3n) is 4.52. The van der Waals surface area contributed by atoms with E-state index >= 15 is 0 Å². The van der Waals surface area contributed by atoms with Gasteiger partial charge in [-0.2, -0.15) is 0 Å². The number of aliphatic hydroxyl groups is 1. The topological polar surface area (TPSA) is 23.5 Å². The summed E-state index contributed by atoms with van der Waals surface area (Å²) in [5.74, 6) is 0.908. The van der Waals surface area contributed by atoms with E-state index in [1.54, 1.807) is 0 Å². The molecule has 0 bridgehead atoms. The Morgan fingerprint density at radius 3 is 2.29 bits per heavy atom. The molecule has 0 aromatic heterocycles. The van der Waals surface area contributed by atoms with Gasteiger partial charge in [0, 0.05) is 30.7 Å². The SMILES string of the molecule is CC.OC[C@@H]1CN(Cc2ccccc2)C[C@H]1Cc1cccc(Br)c1. The number of rotatable bonds is 5. The quantitative estimate of drug-likeness (QED) is 0.796. The van der Waals surface area contributed by atoms with E-state index in [1.165, 1.54) is 11.1 Å². The van der Waals surface area contributed by atoms with Gasteiger partial charge in [-0.3, -0.25) is 4.90 Å². The first-order chi connectivity index (χ1) is 11.7. The van der Waals surface area contributed by atoms with Crippen LogP contribution in [0.1, 0.15) is 25.0 Å². The molecule has 3 heteroatoms. The van der Waals surface area contributed by atoms with Gasteiger partial charge in [0.2, 0.25) is 0 Å². The lowest BCUT2D eigenvalue weighted by molar-refractivity contribution is 0.199. The molecule has 0 aliphatic carbocycles. The second-order valence-corrected chi connectivity index (χ2v) is 7.13. The predicted molar refractivity (Wildman–Crippen MR) is 105 cm³/mol. The summed E-state index contributed by atoms with van der Waals surface area (Å²) in [5.41, 5.74) is 2.70. The van der Waals surface area contributed by atoms with Crippen molar-refractivity contribution in [3.63, 3.8) is 0 Å². The number of benzene rings is 2. The Morgan fingerprint density at radius 1 is 0.958 bits per heavy atom. The van der Waals surface area contributed by atoms with Crippen LogP contribution in [-0.4, -0.2) is 29.7 Å². The molecule has 1 heterocycles. The summed E-state index contributed by atoms with van der Waals surface area (Å²) in [5, 5.41) is 9.72. The zero-order valence-electron chi connectivity index (χ0n) is 14.7. The molecule has 1 saturated heterocycles. The van der Waals surface area contributed by atoms with E-state index in [0.29, 0.717) is 11.8 Å². The van der Waals surface area contributed by atoms with Crippen LogP contribution in [0, 0.1) is 11.8 Å². The number of aliphatic hydroxyl groups excluding tert-OH is 1. The Kier molecular flexibility index (Phi) is 7.97. The number of nitrogens with zero attached hydrogens (tertiary/aromatic N) is 1. The minimum absolute atomic E-state index is 0.282. The molecule has 2 atom stereocenters. The van der Waals surface area contributed by atoms with E-state index < -0.39 is 0 Å². The van der Waals surface area contributed by atoms with Crippen molar-refractivity contribution in [3.8, 4) is 0 Å². The lowest BCUT2D eigenvalue weighted by Gasteiger charge is -2.16. The van der Waals surface area contributed by atoms with Gasteiger partial charge in [-0.15, -0.1) is 0 Å². The predicted octanol–water partition coefficient (Wildman–Crippen LogP) is 4.76. The van der Waals surface area contributed by atoms with Crippen molar-refractivity contribution in [1.29, 1.82) is 0 Å². The Morgan fingerprint density at radius 2 is 1.62 bits per heavy atom. The molecule has 2 aromatic carbocycles. The highest BCUT2D eigenvalue weighted by Crippen LogP contribution is 2.28. The average molecular weight is 390 g/mol. The fourth-order valence-electron chi connectivity index (χ4n) is 3.41. The summed E-state index contributed by atoms with van der Waals surface area (Å²) in [7, 11) is 0. The van der Waals surface area contributed by atoms with E-state index in [0.717, 1.165) is 30.5 Å². The number of halogens is 1. The van der Waals surface area contributed by atoms with Gasteiger partial charge in [0.15, 0.2) is 0 Å². The number of hydrogen-bond donors (Lipinski definition) is 1. The van der Waals surface area contributed by atoms with Gasteiger partial charge in [-0.25, -0.2) is 0 Å². The molecular weight excluding hydrogens is 362 g/mol. The second-order valence-electron chi connectivity index (χ2n) is 6.22. The largest absolute Gasteiger partial charge is 0.396 e. The minimum Gasteiger partial charge on any atom is -0.396 e. The standard InChI is InChI=1S/C19H22BrNO.C2H6/c20-19-8-4-7-16(10-19)9-17-12-21(13-18(17)14-22)11-15-5-2-1-3-6-15;1-2/h1-8,10,17-18,22H,9,11-14H2;1-2H3/t17-,18+;/m1./s1. The molecule has 0 saturated carbocycles. The van der Waals surface area contributed by atoms with Crippen LogP contribution in [0.15, 0.2) is 59.1 Å². The lowest BCUT2D eigenvalue weighted by atomic mass is 9.90. The molecule has 0 amide bonds. The summed E-state index contributed by atoms with van der Waals surface area (Å²) in [6.45, 7) is 7.31.